The van der Waals surface area contributed by atoms with Gasteiger partial charge in [0.1, 0.15) is 0 Å². The molecule has 1 heterocycles. The van der Waals surface area contributed by atoms with E-state index in [-0.39, 0.29) is 0 Å². The molecule has 0 bridgehead atoms. The van der Waals surface area contributed by atoms with E-state index in [2.05, 4.69) is 6.66 Å². The smallest absolute Gasteiger partial charge is 0.0657 e. The van der Waals surface area contributed by atoms with Crippen LogP contribution in [0.3, 0.4) is 0 Å². The molecule has 1 unspecified atom stereocenters. The molecule has 1 aliphatic rings. The Balaban J connectivity index is 2.18. The molecule has 1 aliphatic heterocycles. The van der Waals surface area contributed by atoms with E-state index in [1.165, 1.54) is 6.16 Å². The lowest BCUT2D eigenvalue weighted by Crippen LogP contribution is -1.78. The molecule has 0 saturated carbocycles. The van der Waals surface area contributed by atoms with E-state index >= 15 is 0 Å². The number of rotatable bonds is 0. The van der Waals surface area contributed by atoms with Gasteiger partial charge in [-0.2, -0.15) is 0 Å². The van der Waals surface area contributed by atoms with Crippen LogP contribution in [0.2, 0.25) is 0 Å². The molecule has 0 N–H and O–H groups in total. The van der Waals surface area contributed by atoms with Gasteiger partial charge in [-0.3, -0.25) is 0 Å². The lowest BCUT2D eigenvalue weighted by atomic mass is 10.9. The summed E-state index contributed by atoms with van der Waals surface area (Å²) in [4.78, 5) is 0. The van der Waals surface area contributed by atoms with E-state index in [0.717, 1.165) is 13.0 Å². The number of hydrogen-bond donors (Lipinski definition) is 0. The number of ether oxygens (including phenoxy) is 1. The number of hydrogen-bond acceptors (Lipinski definition) is 1. The van der Waals surface area contributed by atoms with Crippen molar-refractivity contribution in [1.82, 2.24) is 0 Å². The Bertz CT molecular complexity index is 40.8. The van der Waals surface area contributed by atoms with Crippen molar-refractivity contribution in [2.75, 3.05) is 25.8 Å². The first-order valence-electron chi connectivity index (χ1n) is 2.16. The monoisotopic (exact) mass is 104 g/mol. The Morgan fingerprint density at radius 2 is 2.50 bits per heavy atom. The third-order valence-corrected chi connectivity index (χ3v) is 2.50. The summed E-state index contributed by atoms with van der Waals surface area (Å²) in [6, 6.07) is 0. The van der Waals surface area contributed by atoms with E-state index < -0.39 is 0 Å². The Morgan fingerprint density at radius 1 is 1.67 bits per heavy atom. The molecule has 0 aromatic carbocycles. The van der Waals surface area contributed by atoms with Gasteiger partial charge in [0.15, 0.2) is 0 Å². The molecule has 0 aliphatic carbocycles. The van der Waals surface area contributed by atoms with Crippen molar-refractivity contribution < 1.29 is 4.74 Å². The zero-order chi connectivity index (χ0) is 4.41. The highest BCUT2D eigenvalue weighted by Crippen LogP contribution is 2.34. The van der Waals surface area contributed by atoms with Gasteiger partial charge in [0.05, 0.1) is 13.0 Å². The second kappa shape index (κ2) is 1.90. The van der Waals surface area contributed by atoms with Crippen LogP contribution in [-0.4, -0.2) is 25.8 Å². The molecule has 0 aromatic rings. The third-order valence-electron chi connectivity index (χ3n) is 0.929. The Labute approximate surface area is 39.4 Å². The van der Waals surface area contributed by atoms with Crippen molar-refractivity contribution in [2.24, 2.45) is 0 Å². The molecular formula is C4H9OP. The van der Waals surface area contributed by atoms with Gasteiger partial charge in [-0.1, -0.05) is 7.92 Å². The van der Waals surface area contributed by atoms with Crippen molar-refractivity contribution >= 4 is 7.92 Å². The van der Waals surface area contributed by atoms with Gasteiger partial charge in [-0.15, -0.1) is 0 Å². The fraction of sp³-hybridized carbons (Fsp3) is 1.00. The van der Waals surface area contributed by atoms with E-state index in [1.807, 2.05) is 0 Å². The second-order valence-corrected chi connectivity index (χ2v) is 4.03. The fourth-order valence-electron chi connectivity index (χ4n) is 0.505. The first-order chi connectivity index (χ1) is 2.89. The highest BCUT2D eigenvalue weighted by Gasteiger charge is 2.06. The summed E-state index contributed by atoms with van der Waals surface area (Å²) in [5.41, 5.74) is 0. The van der Waals surface area contributed by atoms with Gasteiger partial charge in [0, 0.05) is 0 Å². The summed E-state index contributed by atoms with van der Waals surface area (Å²) < 4.78 is 5.09. The molecule has 0 radical (unpaired) electrons. The molecule has 6 heavy (non-hydrogen) atoms. The highest BCUT2D eigenvalue weighted by atomic mass is 31.1. The minimum absolute atomic E-state index is 0.313. The molecule has 1 atom stereocenters. The average molecular weight is 104 g/mol. The first kappa shape index (κ1) is 4.55. The van der Waals surface area contributed by atoms with Crippen LogP contribution < -0.4 is 0 Å². The zero-order valence-electron chi connectivity index (χ0n) is 3.98. The summed E-state index contributed by atoms with van der Waals surface area (Å²) in [6.07, 6.45) is 2.38. The van der Waals surface area contributed by atoms with Crippen molar-refractivity contribution in [3.8, 4) is 0 Å². The normalized spacial score (nSPS) is 34.5. The Hall–Kier alpha value is 0.390. The van der Waals surface area contributed by atoms with Crippen LogP contribution in [0.25, 0.3) is 0 Å². The maximum absolute atomic E-state index is 5.09. The van der Waals surface area contributed by atoms with E-state index in [9.17, 15) is 0 Å². The standard InChI is InChI=1S/C4H9OP/c1-6-3-2-5-4-6/h2-4H2,1H3. The fourth-order valence-corrected chi connectivity index (χ4v) is 1.52. The Morgan fingerprint density at radius 3 is 2.67 bits per heavy atom. The highest BCUT2D eigenvalue weighted by molar-refractivity contribution is 7.56. The van der Waals surface area contributed by atoms with Crippen LogP contribution in [0.4, 0.5) is 0 Å². The van der Waals surface area contributed by atoms with Gasteiger partial charge in [0.2, 0.25) is 0 Å². The van der Waals surface area contributed by atoms with Crippen molar-refractivity contribution in [3.63, 3.8) is 0 Å². The molecule has 0 aromatic heterocycles. The van der Waals surface area contributed by atoms with E-state index in [1.54, 1.807) is 0 Å². The minimum atomic E-state index is 0.313. The Kier molecular flexibility index (Phi) is 1.44. The van der Waals surface area contributed by atoms with E-state index in [4.69, 9.17) is 4.74 Å². The minimum Gasteiger partial charge on any atom is -0.377 e. The van der Waals surface area contributed by atoms with E-state index in [0.29, 0.717) is 7.92 Å². The lowest BCUT2D eigenvalue weighted by molar-refractivity contribution is 0.216. The third kappa shape index (κ3) is 0.924. The van der Waals surface area contributed by atoms with Crippen molar-refractivity contribution in [1.29, 1.82) is 0 Å². The van der Waals surface area contributed by atoms with Crippen molar-refractivity contribution in [2.45, 2.75) is 0 Å². The van der Waals surface area contributed by atoms with Gasteiger partial charge < -0.3 is 4.74 Å². The second-order valence-electron chi connectivity index (χ2n) is 1.62. The topological polar surface area (TPSA) is 9.23 Å². The molecule has 0 spiro atoms. The molecule has 1 rings (SSSR count). The van der Waals surface area contributed by atoms with Crippen LogP contribution in [0.5, 0.6) is 0 Å². The SMILES string of the molecule is CP1CCOC1. The van der Waals surface area contributed by atoms with Gasteiger partial charge in [0.25, 0.3) is 0 Å². The first-order valence-corrected chi connectivity index (χ1v) is 4.32. The summed E-state index contributed by atoms with van der Waals surface area (Å²) in [7, 11) is 0.313. The average Bonchev–Trinajstić information content (AvgIpc) is 1.86. The molecule has 1 fully saturated rings. The van der Waals surface area contributed by atoms with Gasteiger partial charge in [-0.25, -0.2) is 0 Å². The largest absolute Gasteiger partial charge is 0.377 e. The maximum Gasteiger partial charge on any atom is 0.0657 e. The van der Waals surface area contributed by atoms with Crippen LogP contribution in [0.15, 0.2) is 0 Å². The summed E-state index contributed by atoms with van der Waals surface area (Å²) in [5.74, 6) is 0. The van der Waals surface area contributed by atoms with Crippen LogP contribution >= 0.6 is 7.92 Å². The molecule has 36 valence electrons. The van der Waals surface area contributed by atoms with Crippen LogP contribution in [-0.2, 0) is 4.74 Å². The molecule has 1 nitrogen and oxygen atoms in total. The quantitative estimate of drug-likeness (QED) is 0.418. The maximum atomic E-state index is 5.09. The van der Waals surface area contributed by atoms with Gasteiger partial charge >= 0.3 is 0 Å². The summed E-state index contributed by atoms with van der Waals surface area (Å²) in [6.45, 7) is 3.30. The van der Waals surface area contributed by atoms with Gasteiger partial charge in [-0.05, 0) is 12.8 Å². The van der Waals surface area contributed by atoms with Crippen molar-refractivity contribution in [3.05, 3.63) is 0 Å². The predicted octanol–water partition coefficient (Wildman–Crippen LogP) is 1.09. The molecule has 0 amide bonds. The lowest BCUT2D eigenvalue weighted by Gasteiger charge is -1.90. The predicted molar refractivity (Wildman–Crippen MR) is 28.5 cm³/mol. The van der Waals surface area contributed by atoms with Crippen LogP contribution in [0, 0.1) is 0 Å². The molecule has 2 heteroatoms. The zero-order valence-corrected chi connectivity index (χ0v) is 4.87. The summed E-state index contributed by atoms with van der Waals surface area (Å²) >= 11 is 0. The summed E-state index contributed by atoms with van der Waals surface area (Å²) in [5, 5.41) is 0. The van der Waals surface area contributed by atoms with Crippen LogP contribution in [0.1, 0.15) is 0 Å². The molecular weight excluding hydrogens is 95.0 g/mol. The molecule has 1 saturated heterocycles.